The molecule has 0 aliphatic rings. The fourth-order valence-electron chi connectivity index (χ4n) is 4.35. The molecule has 226 valence electrons. The fourth-order valence-corrected chi connectivity index (χ4v) is 6.97. The second-order valence-corrected chi connectivity index (χ2v) is 18.9. The van der Waals surface area contributed by atoms with Crippen molar-refractivity contribution in [1.82, 2.24) is 19.7 Å². The lowest BCUT2D eigenvalue weighted by molar-refractivity contribution is 0.171. The molecule has 0 amide bonds. The highest BCUT2D eigenvalue weighted by Gasteiger charge is 2.40. The first-order valence-corrected chi connectivity index (χ1v) is 18.5. The molecular formula is C28H36FN5O6SSi. The summed E-state index contributed by atoms with van der Waals surface area (Å²) < 4.78 is 62.2. The summed E-state index contributed by atoms with van der Waals surface area (Å²) >= 11 is 0. The summed E-state index contributed by atoms with van der Waals surface area (Å²) in [5.74, 6) is 1.33. The Morgan fingerprint density at radius 2 is 1.74 bits per heavy atom. The lowest BCUT2D eigenvalue weighted by Gasteiger charge is -2.31. The van der Waals surface area contributed by atoms with E-state index in [0.717, 1.165) is 12.3 Å². The minimum atomic E-state index is -4.33. The van der Waals surface area contributed by atoms with Crippen LogP contribution in [0.2, 0.25) is 25.7 Å². The van der Waals surface area contributed by atoms with Crippen LogP contribution in [0, 0.1) is 12.7 Å². The summed E-state index contributed by atoms with van der Waals surface area (Å²) in [6.07, 6.45) is -0.613. The number of aryl methyl sites for hydroxylation is 1. The second kappa shape index (κ2) is 12.2. The number of aromatic nitrogens is 4. The van der Waals surface area contributed by atoms with E-state index < -0.39 is 35.3 Å². The van der Waals surface area contributed by atoms with E-state index in [4.69, 9.17) is 13.9 Å². The van der Waals surface area contributed by atoms with Crippen LogP contribution in [-0.2, 0) is 10.0 Å². The van der Waals surface area contributed by atoms with Crippen LogP contribution in [0.3, 0.4) is 0 Å². The molecule has 3 aromatic heterocycles. The zero-order valence-corrected chi connectivity index (χ0v) is 26.5. The third-order valence-corrected chi connectivity index (χ3v) is 10.7. The number of aliphatic hydroxyl groups is 1. The first kappa shape index (κ1) is 31.2. The molecule has 0 radical (unpaired) electrons. The van der Waals surface area contributed by atoms with Crippen molar-refractivity contribution in [3.8, 4) is 28.8 Å². The smallest absolute Gasteiger partial charge is 0.246 e. The highest BCUT2D eigenvalue weighted by Crippen LogP contribution is 2.40. The van der Waals surface area contributed by atoms with Gasteiger partial charge in [0, 0.05) is 14.6 Å². The number of nitrogens with zero attached hydrogens (tertiary/aromatic N) is 5. The third kappa shape index (κ3) is 6.34. The summed E-state index contributed by atoms with van der Waals surface area (Å²) in [6.45, 7) is 9.62. The minimum absolute atomic E-state index is 0.0252. The molecule has 11 nitrogen and oxygen atoms in total. The Labute approximate surface area is 246 Å². The summed E-state index contributed by atoms with van der Waals surface area (Å²) in [6, 6.07) is 11.6. The van der Waals surface area contributed by atoms with Gasteiger partial charge in [0.05, 0.1) is 26.1 Å². The van der Waals surface area contributed by atoms with Crippen LogP contribution in [0.15, 0.2) is 53.1 Å². The highest BCUT2D eigenvalue weighted by molar-refractivity contribution is 7.93. The molecule has 14 heteroatoms. The van der Waals surface area contributed by atoms with Gasteiger partial charge >= 0.3 is 0 Å². The first-order chi connectivity index (χ1) is 19.8. The van der Waals surface area contributed by atoms with Crippen molar-refractivity contribution in [2.24, 2.45) is 0 Å². The molecule has 1 aromatic carbocycles. The molecular weight excluding hydrogens is 581 g/mol. The van der Waals surface area contributed by atoms with Gasteiger partial charge in [0.2, 0.25) is 21.8 Å². The van der Waals surface area contributed by atoms with Crippen molar-refractivity contribution in [3.05, 3.63) is 65.9 Å². The topological polar surface area (TPSA) is 133 Å². The van der Waals surface area contributed by atoms with E-state index in [0.29, 0.717) is 34.8 Å². The molecule has 0 aliphatic heterocycles. The number of para-hydroxylation sites is 1. The number of aliphatic hydroxyl groups excluding tert-OH is 1. The number of methoxy groups -OCH3 is 2. The van der Waals surface area contributed by atoms with Crippen LogP contribution >= 0.6 is 0 Å². The summed E-state index contributed by atoms with van der Waals surface area (Å²) in [5, 5.41) is 18.5. The molecule has 4 rings (SSSR count). The normalized spacial score (nSPS) is 13.5. The van der Waals surface area contributed by atoms with Crippen molar-refractivity contribution >= 4 is 24.0 Å². The molecule has 0 bridgehead atoms. The van der Waals surface area contributed by atoms with Gasteiger partial charge in [0.25, 0.3) is 0 Å². The van der Waals surface area contributed by atoms with Gasteiger partial charge in [-0.25, -0.2) is 17.1 Å². The number of pyridine rings is 1. The molecule has 1 N–H and O–H groups in total. The quantitative estimate of drug-likeness (QED) is 0.219. The lowest BCUT2D eigenvalue weighted by Crippen LogP contribution is -2.44. The molecule has 0 aliphatic carbocycles. The van der Waals surface area contributed by atoms with E-state index in [2.05, 4.69) is 34.8 Å². The van der Waals surface area contributed by atoms with Gasteiger partial charge in [0.15, 0.2) is 5.76 Å². The van der Waals surface area contributed by atoms with Crippen molar-refractivity contribution in [2.45, 2.75) is 50.9 Å². The van der Waals surface area contributed by atoms with Crippen molar-refractivity contribution < 1.29 is 31.8 Å². The van der Waals surface area contributed by atoms with Gasteiger partial charge in [-0.3, -0.25) is 9.55 Å². The van der Waals surface area contributed by atoms with Gasteiger partial charge in [-0.15, -0.1) is 10.2 Å². The van der Waals surface area contributed by atoms with Crippen LogP contribution in [0.1, 0.15) is 24.5 Å². The molecule has 0 saturated carbocycles. The maximum absolute atomic E-state index is 14.4. The Kier molecular flexibility index (Phi) is 9.08. The molecule has 0 saturated heterocycles. The third-order valence-electron chi connectivity index (χ3n) is 6.80. The monoisotopic (exact) mass is 617 g/mol. The Morgan fingerprint density at radius 3 is 2.26 bits per heavy atom. The molecule has 0 spiro atoms. The molecule has 42 heavy (non-hydrogen) atoms. The first-order valence-electron chi connectivity index (χ1n) is 13.3. The molecule has 3 heterocycles. The Hall–Kier alpha value is -3.75. The van der Waals surface area contributed by atoms with Gasteiger partial charge in [-0.2, -0.15) is 0 Å². The zero-order chi connectivity index (χ0) is 30.8. The maximum Gasteiger partial charge on any atom is 0.246 e. The van der Waals surface area contributed by atoms with E-state index in [1.807, 2.05) is 0 Å². The molecule has 2 atom stereocenters. The number of halogens is 1. The predicted molar refractivity (Wildman–Crippen MR) is 160 cm³/mol. The average molecular weight is 618 g/mol. The van der Waals surface area contributed by atoms with Crippen LogP contribution in [-0.4, -0.2) is 67.4 Å². The summed E-state index contributed by atoms with van der Waals surface area (Å²) in [5.41, 5.74) is 0.394. The molecule has 0 fully saturated rings. The van der Waals surface area contributed by atoms with Gasteiger partial charge in [-0.05, 0) is 56.3 Å². The van der Waals surface area contributed by atoms with Crippen LogP contribution in [0.25, 0.3) is 17.3 Å². The van der Waals surface area contributed by atoms with Crippen LogP contribution in [0.4, 0.5) is 10.3 Å². The van der Waals surface area contributed by atoms with E-state index in [1.165, 1.54) is 36.1 Å². The Balaban J connectivity index is 1.96. The number of benzene rings is 1. The van der Waals surface area contributed by atoms with E-state index in [9.17, 15) is 17.9 Å². The number of hydrogen-bond acceptors (Lipinski definition) is 9. The van der Waals surface area contributed by atoms with Crippen LogP contribution < -0.4 is 13.8 Å². The number of ether oxygens (including phenoxy) is 2. The number of hydrogen-bond donors (Lipinski definition) is 1. The van der Waals surface area contributed by atoms with Gasteiger partial charge in [-0.1, -0.05) is 25.7 Å². The van der Waals surface area contributed by atoms with Crippen LogP contribution in [0.5, 0.6) is 11.5 Å². The lowest BCUT2D eigenvalue weighted by atomic mass is 10.2. The SMILES string of the molecule is COc1cccc(OC)c1-n1c(-c2ccc(C)o2)nnc1N(CC[Si](C)(C)C)S(=O)(=O)C(C)C(O)c1ccc(F)cn1. The Bertz CT molecular complexity index is 1610. The molecule has 2 unspecified atom stereocenters. The predicted octanol–water partition coefficient (Wildman–Crippen LogP) is 4.98. The van der Waals surface area contributed by atoms with Crippen molar-refractivity contribution in [2.75, 3.05) is 25.1 Å². The van der Waals surface area contributed by atoms with E-state index >= 15 is 0 Å². The standard InChI is InChI=1S/C28H36FN5O6SSi/c1-18-11-14-24(40-18)27-31-32-28(34(27)25-22(38-3)9-8-10-23(25)39-4)33(15-16-42(5,6)7)41(36,37)19(2)26(35)21-13-12-20(29)17-30-21/h8-14,17,19,26,35H,15-16H2,1-7H3. The fraction of sp³-hybridized carbons (Fsp3) is 0.393. The van der Waals surface area contributed by atoms with Crippen molar-refractivity contribution in [3.63, 3.8) is 0 Å². The number of furan rings is 1. The summed E-state index contributed by atoms with van der Waals surface area (Å²) in [4.78, 5) is 3.91. The number of sulfonamides is 1. The van der Waals surface area contributed by atoms with Crippen molar-refractivity contribution in [1.29, 1.82) is 0 Å². The second-order valence-electron chi connectivity index (χ2n) is 11.1. The molecule has 4 aromatic rings. The minimum Gasteiger partial charge on any atom is -0.494 e. The number of rotatable bonds is 12. The maximum atomic E-state index is 14.4. The van der Waals surface area contributed by atoms with E-state index in [1.54, 1.807) is 37.3 Å². The Morgan fingerprint density at radius 1 is 1.07 bits per heavy atom. The average Bonchev–Trinajstić information content (AvgIpc) is 3.57. The van der Waals surface area contributed by atoms with Gasteiger partial charge < -0.3 is 19.0 Å². The number of anilines is 1. The van der Waals surface area contributed by atoms with Gasteiger partial charge in [0.1, 0.15) is 40.1 Å². The highest BCUT2D eigenvalue weighted by atomic mass is 32.2. The summed E-state index contributed by atoms with van der Waals surface area (Å²) in [7, 11) is -3.14. The zero-order valence-electron chi connectivity index (χ0n) is 24.7. The largest absolute Gasteiger partial charge is 0.494 e. The van der Waals surface area contributed by atoms with E-state index in [-0.39, 0.29) is 24.0 Å².